The van der Waals surface area contributed by atoms with Crippen molar-refractivity contribution in [1.29, 1.82) is 0 Å². The van der Waals surface area contributed by atoms with Crippen LogP contribution in [0.4, 0.5) is 5.69 Å². The summed E-state index contributed by atoms with van der Waals surface area (Å²) in [6.07, 6.45) is 4.45. The molecule has 1 aliphatic rings. The maximum atomic E-state index is 8.04. The first-order valence-corrected chi connectivity index (χ1v) is 8.38. The largest absolute Gasteiger partial charge is 0.435 e. The van der Waals surface area contributed by atoms with Gasteiger partial charge in [0.1, 0.15) is 6.17 Å². The molecule has 0 unspecified atom stereocenters. The molecule has 0 saturated heterocycles. The van der Waals surface area contributed by atoms with E-state index in [0.717, 1.165) is 39.7 Å². The van der Waals surface area contributed by atoms with E-state index in [1.54, 1.807) is 18.0 Å². The van der Waals surface area contributed by atoms with Gasteiger partial charge in [-0.05, 0) is 44.9 Å². The number of pyridine rings is 1. The number of aromatic nitrogens is 1. The fourth-order valence-electron chi connectivity index (χ4n) is 3.41. The fourth-order valence-corrected chi connectivity index (χ4v) is 3.41. The highest BCUT2D eigenvalue weighted by molar-refractivity contribution is 6.08. The molecular formula is C20H23N3O. The first kappa shape index (κ1) is 12.9. The van der Waals surface area contributed by atoms with Crippen molar-refractivity contribution >= 4 is 27.8 Å². The molecule has 1 atom stereocenters. The Hall–Kier alpha value is -2.49. The van der Waals surface area contributed by atoms with Gasteiger partial charge in [0.2, 0.25) is 5.71 Å². The van der Waals surface area contributed by atoms with Gasteiger partial charge in [0, 0.05) is 38.1 Å². The number of nitrogens with zero attached hydrogens (tertiary/aromatic N) is 3. The number of hydrogen-bond acceptors (Lipinski definition) is 4. The zero-order valence-corrected chi connectivity index (χ0v) is 14.5. The smallest absolute Gasteiger partial charge is 0.227 e. The molecule has 24 heavy (non-hydrogen) atoms. The van der Waals surface area contributed by atoms with Crippen LogP contribution < -0.4 is 4.90 Å². The first-order chi connectivity index (χ1) is 12.3. The average Bonchev–Trinajstić information content (AvgIpc) is 3.14. The Labute approximate surface area is 145 Å². The molecular weight excluding hydrogens is 298 g/mol. The number of hydrogen-bond donors (Lipinski definition) is 0. The summed E-state index contributed by atoms with van der Waals surface area (Å²) in [5, 5.41) is 2.05. The van der Waals surface area contributed by atoms with Crippen LogP contribution in [0.1, 0.15) is 34.8 Å². The molecule has 0 saturated carbocycles. The topological polar surface area (TPSA) is 32.5 Å². The third kappa shape index (κ3) is 2.09. The highest BCUT2D eigenvalue weighted by Crippen LogP contribution is 2.39. The van der Waals surface area contributed by atoms with Crippen molar-refractivity contribution in [3.63, 3.8) is 0 Å². The summed E-state index contributed by atoms with van der Waals surface area (Å²) in [7, 11) is 0. The molecule has 0 bridgehead atoms. The molecule has 4 heteroatoms. The molecule has 0 fully saturated rings. The summed E-state index contributed by atoms with van der Waals surface area (Å²) < 4.78 is 22.3. The molecule has 4 rings (SSSR count). The minimum Gasteiger partial charge on any atom is -0.435 e. The molecule has 4 nitrogen and oxygen atoms in total. The first-order valence-electron chi connectivity index (χ1n) is 9.38. The van der Waals surface area contributed by atoms with Crippen molar-refractivity contribution in [2.75, 3.05) is 11.4 Å². The van der Waals surface area contributed by atoms with Crippen LogP contribution in [0.25, 0.3) is 22.1 Å². The number of fused-ring (bicyclic) bond motifs is 3. The van der Waals surface area contributed by atoms with Gasteiger partial charge in [-0.25, -0.2) is 4.98 Å². The number of aryl methyl sites for hydroxylation is 2. The summed E-state index contributed by atoms with van der Waals surface area (Å²) in [6, 6.07) is 8.29. The van der Waals surface area contributed by atoms with E-state index in [0.29, 0.717) is 5.71 Å². The Kier molecular flexibility index (Phi) is 2.98. The van der Waals surface area contributed by atoms with Crippen molar-refractivity contribution in [2.24, 2.45) is 0 Å². The Morgan fingerprint density at radius 1 is 1.17 bits per heavy atom. The van der Waals surface area contributed by atoms with Gasteiger partial charge >= 0.3 is 0 Å². The number of anilines is 1. The van der Waals surface area contributed by atoms with Gasteiger partial charge in [-0.15, -0.1) is 0 Å². The zero-order valence-electron chi connectivity index (χ0n) is 16.5. The van der Waals surface area contributed by atoms with Crippen LogP contribution in [0.2, 0.25) is 0 Å². The van der Waals surface area contributed by atoms with E-state index in [1.807, 2.05) is 19.2 Å². The lowest BCUT2D eigenvalue weighted by atomic mass is 10.1. The summed E-state index contributed by atoms with van der Waals surface area (Å²) in [5.74, 6) is 0. The maximum absolute atomic E-state index is 8.04. The third-order valence-electron chi connectivity index (χ3n) is 4.81. The van der Waals surface area contributed by atoms with Gasteiger partial charge in [-0.1, -0.05) is 19.1 Å². The molecule has 3 aromatic rings. The van der Waals surface area contributed by atoms with E-state index >= 15 is 0 Å². The van der Waals surface area contributed by atoms with Gasteiger partial charge < -0.3 is 14.2 Å². The van der Waals surface area contributed by atoms with E-state index in [-0.39, 0.29) is 6.17 Å². The Morgan fingerprint density at radius 2 is 1.96 bits per heavy atom. The van der Waals surface area contributed by atoms with Crippen LogP contribution in [0, 0.1) is 6.92 Å². The minimum absolute atomic E-state index is 0.147. The number of rotatable bonds is 3. The quantitative estimate of drug-likeness (QED) is 0.692. The van der Waals surface area contributed by atoms with Crippen molar-refractivity contribution in [3.8, 4) is 0 Å². The number of benzene rings is 1. The minimum atomic E-state index is -1.43. The van der Waals surface area contributed by atoms with Gasteiger partial charge in [-0.2, -0.15) is 0 Å². The molecule has 3 heterocycles. The predicted molar refractivity (Wildman–Crippen MR) is 99.1 cm³/mol. The molecule has 0 aliphatic carbocycles. The number of furan rings is 1. The van der Waals surface area contributed by atoms with Crippen LogP contribution >= 0.6 is 0 Å². The van der Waals surface area contributed by atoms with E-state index in [1.165, 1.54) is 0 Å². The van der Waals surface area contributed by atoms with Crippen LogP contribution in [-0.4, -0.2) is 22.5 Å². The lowest BCUT2D eigenvalue weighted by molar-refractivity contribution is 0.334. The molecule has 1 aromatic carbocycles. The van der Waals surface area contributed by atoms with Gasteiger partial charge in [0.25, 0.3) is 0 Å². The van der Waals surface area contributed by atoms with Crippen LogP contribution in [0.3, 0.4) is 0 Å². The van der Waals surface area contributed by atoms with E-state index in [9.17, 15) is 0 Å². The molecule has 1 aliphatic heterocycles. The SMILES string of the molecule is [2H]C([2H])(C)N1C=CN(c2c(C)ccc3c2oc2nc(CC)ccc23)[C@H]1C. The second-order valence-electron chi connectivity index (χ2n) is 6.19. The molecule has 0 spiro atoms. The van der Waals surface area contributed by atoms with Gasteiger partial charge in [0.15, 0.2) is 5.58 Å². The van der Waals surface area contributed by atoms with Crippen LogP contribution in [-0.2, 0) is 6.42 Å². The normalized spacial score (nSPS) is 19.4. The molecule has 124 valence electrons. The van der Waals surface area contributed by atoms with E-state index < -0.39 is 6.50 Å². The molecule has 0 N–H and O–H groups in total. The van der Waals surface area contributed by atoms with Crippen LogP contribution in [0.15, 0.2) is 41.1 Å². The second kappa shape index (κ2) is 5.55. The Bertz CT molecular complexity index is 1020. The Morgan fingerprint density at radius 3 is 2.67 bits per heavy atom. The maximum Gasteiger partial charge on any atom is 0.227 e. The highest BCUT2D eigenvalue weighted by Gasteiger charge is 2.26. The summed E-state index contributed by atoms with van der Waals surface area (Å²) in [4.78, 5) is 8.41. The van der Waals surface area contributed by atoms with Crippen molar-refractivity contribution < 1.29 is 7.16 Å². The standard InChI is InChI=1S/C20H23N3O/c1-5-15-8-10-17-16-9-7-13(3)18(19(16)24-20(17)21-15)23-12-11-22(6-2)14(23)4/h7-12,14H,5-6H2,1-4H3/t14-/m0/s1/i6D2. The fraction of sp³-hybridized carbons (Fsp3) is 0.350. The van der Waals surface area contributed by atoms with Crippen molar-refractivity contribution in [1.82, 2.24) is 9.88 Å². The summed E-state index contributed by atoms with van der Waals surface area (Å²) in [6.45, 7) is 6.27. The van der Waals surface area contributed by atoms with Gasteiger partial charge in [0.05, 0.1) is 5.69 Å². The predicted octanol–water partition coefficient (Wildman–Crippen LogP) is 4.81. The van der Waals surface area contributed by atoms with Gasteiger partial charge in [-0.3, -0.25) is 0 Å². The lowest BCUT2D eigenvalue weighted by Crippen LogP contribution is -2.36. The zero-order chi connectivity index (χ0) is 18.6. The summed E-state index contributed by atoms with van der Waals surface area (Å²) in [5.41, 5.74) is 4.52. The lowest BCUT2D eigenvalue weighted by Gasteiger charge is -2.29. The average molecular weight is 323 g/mol. The molecule has 0 radical (unpaired) electrons. The van der Waals surface area contributed by atoms with E-state index in [4.69, 9.17) is 7.16 Å². The van der Waals surface area contributed by atoms with Crippen molar-refractivity contribution in [2.45, 2.75) is 40.3 Å². The summed E-state index contributed by atoms with van der Waals surface area (Å²) >= 11 is 0. The van der Waals surface area contributed by atoms with E-state index in [2.05, 4.69) is 41.9 Å². The van der Waals surface area contributed by atoms with Crippen LogP contribution in [0.5, 0.6) is 0 Å². The molecule has 2 aromatic heterocycles. The highest BCUT2D eigenvalue weighted by atomic mass is 16.3. The monoisotopic (exact) mass is 323 g/mol. The second-order valence-corrected chi connectivity index (χ2v) is 6.19. The van der Waals surface area contributed by atoms with Crippen molar-refractivity contribution in [3.05, 3.63) is 47.9 Å². The third-order valence-corrected chi connectivity index (χ3v) is 4.81. The molecule has 0 amide bonds. The Balaban J connectivity index is 1.90.